The number of carboxylic acid groups (broad SMARTS) is 1. The van der Waals surface area contributed by atoms with Gasteiger partial charge >= 0.3 is 5.97 Å². The van der Waals surface area contributed by atoms with Crippen molar-refractivity contribution in [3.8, 4) is 0 Å². The summed E-state index contributed by atoms with van der Waals surface area (Å²) in [5.74, 6) is -1.42. The largest absolute Gasteiger partial charge is 0.479 e. The van der Waals surface area contributed by atoms with E-state index < -0.39 is 12.1 Å². The van der Waals surface area contributed by atoms with Crippen LogP contribution in [-0.4, -0.2) is 11.1 Å². The number of rotatable bonds is 2. The van der Waals surface area contributed by atoms with Crippen LogP contribution in [0.25, 0.3) is 0 Å². The normalized spacial score (nSPS) is 12.9. The molecule has 0 spiro atoms. The number of aryl methyl sites for hydroxylation is 2. The van der Waals surface area contributed by atoms with Crippen molar-refractivity contribution in [3.05, 3.63) is 21.4 Å². The molecule has 0 bridgehead atoms. The number of thiophene rings is 1. The van der Waals surface area contributed by atoms with Gasteiger partial charge in [-0.15, -0.1) is 11.3 Å². The molecule has 1 atom stereocenters. The molecule has 1 aromatic rings. The van der Waals surface area contributed by atoms with E-state index in [9.17, 15) is 9.18 Å². The quantitative estimate of drug-likeness (QED) is 0.774. The number of halogens is 1. The molecule has 0 aliphatic heterocycles. The van der Waals surface area contributed by atoms with Gasteiger partial charge in [-0.05, 0) is 24.8 Å². The van der Waals surface area contributed by atoms with E-state index in [4.69, 9.17) is 5.11 Å². The Labute approximate surface area is 73.7 Å². The van der Waals surface area contributed by atoms with Crippen LogP contribution in [0, 0.1) is 13.8 Å². The van der Waals surface area contributed by atoms with Gasteiger partial charge in [0.05, 0.1) is 0 Å². The predicted octanol–water partition coefficient (Wildman–Crippen LogP) is 2.46. The second kappa shape index (κ2) is 3.23. The molecular weight excluding hydrogens is 179 g/mol. The standard InChI is InChI=1S/C8H9FO2S/c1-4-3-12-5(2)6(4)7(9)8(10)11/h3,7H,1-2H3,(H,10,11). The van der Waals surface area contributed by atoms with Crippen molar-refractivity contribution in [2.75, 3.05) is 0 Å². The molecule has 1 unspecified atom stereocenters. The minimum atomic E-state index is -1.88. The molecule has 1 aromatic heterocycles. The molecule has 0 amide bonds. The van der Waals surface area contributed by atoms with Crippen molar-refractivity contribution >= 4 is 17.3 Å². The zero-order valence-corrected chi connectivity index (χ0v) is 7.61. The highest BCUT2D eigenvalue weighted by atomic mass is 32.1. The van der Waals surface area contributed by atoms with Crippen LogP contribution in [0.15, 0.2) is 5.38 Å². The summed E-state index contributed by atoms with van der Waals surface area (Å²) < 4.78 is 13.0. The summed E-state index contributed by atoms with van der Waals surface area (Å²) in [5.41, 5.74) is 1.03. The van der Waals surface area contributed by atoms with Crippen molar-refractivity contribution < 1.29 is 14.3 Å². The van der Waals surface area contributed by atoms with Crippen LogP contribution in [0.2, 0.25) is 0 Å². The Hall–Kier alpha value is -0.900. The van der Waals surface area contributed by atoms with Gasteiger partial charge in [0, 0.05) is 10.4 Å². The molecule has 66 valence electrons. The van der Waals surface area contributed by atoms with E-state index in [2.05, 4.69) is 0 Å². The Morgan fingerprint density at radius 2 is 2.25 bits per heavy atom. The second-order valence-electron chi connectivity index (χ2n) is 2.59. The van der Waals surface area contributed by atoms with Crippen LogP contribution >= 0.6 is 11.3 Å². The lowest BCUT2D eigenvalue weighted by molar-refractivity contribution is -0.143. The van der Waals surface area contributed by atoms with Gasteiger partial charge in [-0.25, -0.2) is 9.18 Å². The summed E-state index contributed by atoms with van der Waals surface area (Å²) in [6.07, 6.45) is -1.88. The van der Waals surface area contributed by atoms with Gasteiger partial charge < -0.3 is 5.11 Å². The molecule has 0 fully saturated rings. The summed E-state index contributed by atoms with van der Waals surface area (Å²) >= 11 is 1.37. The fourth-order valence-electron chi connectivity index (χ4n) is 1.08. The zero-order valence-electron chi connectivity index (χ0n) is 6.80. The molecule has 0 radical (unpaired) electrons. The summed E-state index contributed by atoms with van der Waals surface area (Å²) in [5, 5.41) is 10.2. The molecule has 2 nitrogen and oxygen atoms in total. The van der Waals surface area contributed by atoms with Crippen molar-refractivity contribution in [1.82, 2.24) is 0 Å². The van der Waals surface area contributed by atoms with E-state index in [0.29, 0.717) is 11.1 Å². The molecule has 1 heterocycles. The maximum atomic E-state index is 13.0. The van der Waals surface area contributed by atoms with Crippen molar-refractivity contribution in [3.63, 3.8) is 0 Å². The van der Waals surface area contributed by atoms with Gasteiger partial charge in [0.1, 0.15) is 0 Å². The molecule has 1 N–H and O–H groups in total. The Balaban J connectivity index is 3.08. The maximum Gasteiger partial charge on any atom is 0.343 e. The second-order valence-corrected chi connectivity index (χ2v) is 3.67. The van der Waals surface area contributed by atoms with E-state index in [-0.39, 0.29) is 0 Å². The minimum absolute atomic E-state index is 0.313. The minimum Gasteiger partial charge on any atom is -0.479 e. The molecule has 12 heavy (non-hydrogen) atoms. The highest BCUT2D eigenvalue weighted by molar-refractivity contribution is 7.10. The number of carbonyl (C=O) groups is 1. The number of hydrogen-bond acceptors (Lipinski definition) is 2. The number of carboxylic acids is 1. The first-order valence-corrected chi connectivity index (χ1v) is 4.33. The maximum absolute atomic E-state index is 13.0. The van der Waals surface area contributed by atoms with Gasteiger partial charge in [0.2, 0.25) is 6.17 Å². The highest BCUT2D eigenvalue weighted by Crippen LogP contribution is 2.29. The van der Waals surface area contributed by atoms with Crippen LogP contribution in [-0.2, 0) is 4.79 Å². The average Bonchev–Trinajstić information content (AvgIpc) is 2.30. The number of hydrogen-bond donors (Lipinski definition) is 1. The van der Waals surface area contributed by atoms with Crippen molar-refractivity contribution in [2.45, 2.75) is 20.0 Å². The first-order chi connectivity index (χ1) is 5.54. The molecule has 0 saturated carbocycles. The van der Waals surface area contributed by atoms with E-state index >= 15 is 0 Å². The highest BCUT2D eigenvalue weighted by Gasteiger charge is 2.23. The smallest absolute Gasteiger partial charge is 0.343 e. The Morgan fingerprint density at radius 1 is 1.67 bits per heavy atom. The molecule has 0 aliphatic rings. The summed E-state index contributed by atoms with van der Waals surface area (Å²) in [7, 11) is 0. The van der Waals surface area contributed by atoms with Crippen LogP contribution in [0.3, 0.4) is 0 Å². The molecule has 4 heteroatoms. The molecule has 0 aliphatic carbocycles. The van der Waals surface area contributed by atoms with E-state index in [1.54, 1.807) is 19.2 Å². The van der Waals surface area contributed by atoms with Crippen LogP contribution in [0.4, 0.5) is 4.39 Å². The fourth-order valence-corrected chi connectivity index (χ4v) is 1.96. The Bertz CT molecular complexity index is 287. The van der Waals surface area contributed by atoms with Crippen molar-refractivity contribution in [2.24, 2.45) is 0 Å². The van der Waals surface area contributed by atoms with Crippen LogP contribution < -0.4 is 0 Å². The van der Waals surface area contributed by atoms with Gasteiger partial charge in [0.15, 0.2) is 0 Å². The SMILES string of the molecule is Cc1csc(C)c1C(F)C(=O)O. The Kier molecular flexibility index (Phi) is 2.47. The van der Waals surface area contributed by atoms with E-state index in [0.717, 1.165) is 4.88 Å². The molecular formula is C8H9FO2S. The third kappa shape index (κ3) is 1.48. The number of alkyl halides is 1. The Morgan fingerprint density at radius 3 is 2.58 bits per heavy atom. The molecule has 0 aromatic carbocycles. The number of aliphatic carboxylic acids is 1. The summed E-state index contributed by atoms with van der Waals surface area (Å²) in [4.78, 5) is 11.1. The fraction of sp³-hybridized carbons (Fsp3) is 0.375. The first-order valence-electron chi connectivity index (χ1n) is 3.45. The van der Waals surface area contributed by atoms with Gasteiger partial charge in [-0.1, -0.05) is 0 Å². The average molecular weight is 188 g/mol. The van der Waals surface area contributed by atoms with Crippen molar-refractivity contribution in [1.29, 1.82) is 0 Å². The third-order valence-electron chi connectivity index (χ3n) is 1.69. The lowest BCUT2D eigenvalue weighted by Gasteiger charge is -2.03. The zero-order chi connectivity index (χ0) is 9.30. The van der Waals surface area contributed by atoms with Gasteiger partial charge in [0.25, 0.3) is 0 Å². The molecule has 0 saturated heterocycles. The molecule has 1 rings (SSSR count). The summed E-state index contributed by atoms with van der Waals surface area (Å²) in [6.45, 7) is 3.44. The van der Waals surface area contributed by atoms with Crippen LogP contribution in [0.5, 0.6) is 0 Å². The predicted molar refractivity (Wildman–Crippen MR) is 45.3 cm³/mol. The lowest BCUT2D eigenvalue weighted by Crippen LogP contribution is -2.07. The first kappa shape index (κ1) is 9.19. The van der Waals surface area contributed by atoms with E-state index in [1.807, 2.05) is 0 Å². The third-order valence-corrected chi connectivity index (χ3v) is 2.73. The topological polar surface area (TPSA) is 37.3 Å². The monoisotopic (exact) mass is 188 g/mol. The van der Waals surface area contributed by atoms with E-state index in [1.165, 1.54) is 11.3 Å². The summed E-state index contributed by atoms with van der Waals surface area (Å²) in [6, 6.07) is 0. The lowest BCUT2D eigenvalue weighted by atomic mass is 10.1. The van der Waals surface area contributed by atoms with Crippen LogP contribution in [0.1, 0.15) is 22.2 Å². The van der Waals surface area contributed by atoms with Gasteiger partial charge in [-0.2, -0.15) is 0 Å². The van der Waals surface area contributed by atoms with Gasteiger partial charge in [-0.3, -0.25) is 0 Å².